The Bertz CT molecular complexity index is 1740. The molecule has 0 aromatic heterocycles. The van der Waals surface area contributed by atoms with Gasteiger partial charge in [0, 0.05) is 6.42 Å². The summed E-state index contributed by atoms with van der Waals surface area (Å²) in [7, 11) is 0. The van der Waals surface area contributed by atoms with Crippen LogP contribution in [0.5, 0.6) is 0 Å². The number of unbranched alkanes of at least 4 members (excludes halogenated alkanes) is 49. The van der Waals surface area contributed by atoms with Crippen LogP contribution < -0.4 is 5.32 Å². The highest BCUT2D eigenvalue weighted by molar-refractivity contribution is 5.76. The molecule has 17 atom stereocenters. The summed E-state index contributed by atoms with van der Waals surface area (Å²) in [5.74, 6) is -0.234. The van der Waals surface area contributed by atoms with E-state index in [2.05, 4.69) is 19.2 Å². The van der Waals surface area contributed by atoms with Crippen LogP contribution in [-0.2, 0) is 33.2 Å². The topological polar surface area (TPSA) is 307 Å². The first-order chi connectivity index (χ1) is 46.8. The lowest BCUT2D eigenvalue weighted by Gasteiger charge is -2.48. The molecule has 0 spiro atoms. The predicted octanol–water partition coefficient (Wildman–Crippen LogP) is 13.0. The summed E-state index contributed by atoms with van der Waals surface area (Å²) in [4.78, 5) is 13.5. The molecular weight excluding hydrogens is 1230 g/mol. The summed E-state index contributed by atoms with van der Waals surface area (Å²) in [5, 5.41) is 121. The first kappa shape index (κ1) is 89.0. The maximum atomic E-state index is 13.5. The Labute approximate surface area is 583 Å². The van der Waals surface area contributed by atoms with Gasteiger partial charge < -0.3 is 89.9 Å². The molecule has 0 aromatic carbocycles. The van der Waals surface area contributed by atoms with Crippen LogP contribution >= 0.6 is 0 Å². The van der Waals surface area contributed by atoms with Crippen molar-refractivity contribution in [2.75, 3.05) is 26.4 Å². The fourth-order valence-electron chi connectivity index (χ4n) is 14.2. The smallest absolute Gasteiger partial charge is 0.220 e. The lowest BCUT2D eigenvalue weighted by Crippen LogP contribution is -2.66. The zero-order valence-electron chi connectivity index (χ0n) is 60.9. The molecule has 3 fully saturated rings. The largest absolute Gasteiger partial charge is 0.394 e. The zero-order valence-corrected chi connectivity index (χ0v) is 60.9. The molecule has 3 aliphatic rings. The van der Waals surface area contributed by atoms with Crippen LogP contribution in [0.1, 0.15) is 354 Å². The van der Waals surface area contributed by atoms with Crippen molar-refractivity contribution in [2.45, 2.75) is 458 Å². The van der Waals surface area contributed by atoms with Crippen molar-refractivity contribution in [3.05, 3.63) is 0 Å². The summed E-state index contributed by atoms with van der Waals surface area (Å²) in [6, 6.07) is -0.882. The molecule has 96 heavy (non-hydrogen) atoms. The third-order valence-corrected chi connectivity index (χ3v) is 20.7. The number of aliphatic hydroxyl groups excluding tert-OH is 11. The van der Waals surface area contributed by atoms with Crippen molar-refractivity contribution in [1.82, 2.24) is 5.32 Å². The number of hydrogen-bond donors (Lipinski definition) is 12. The third-order valence-electron chi connectivity index (χ3n) is 20.7. The molecule has 3 saturated heterocycles. The van der Waals surface area contributed by atoms with Crippen molar-refractivity contribution >= 4 is 5.91 Å². The molecular formula is C77H149NO18. The second-order valence-electron chi connectivity index (χ2n) is 29.2. The van der Waals surface area contributed by atoms with Crippen LogP contribution in [0, 0.1) is 0 Å². The van der Waals surface area contributed by atoms with Crippen molar-refractivity contribution < 1.29 is 89.4 Å². The molecule has 3 rings (SSSR count). The fraction of sp³-hybridized carbons (Fsp3) is 0.987. The number of ether oxygens (including phenoxy) is 6. The minimum absolute atomic E-state index is 0.234. The number of amides is 1. The summed E-state index contributed by atoms with van der Waals surface area (Å²) in [6.07, 6.45) is 40.8. The average Bonchev–Trinajstić information content (AvgIpc) is 0.787. The minimum atomic E-state index is -1.97. The number of carbonyl (C=O) groups is 1. The Morgan fingerprint density at radius 1 is 0.333 bits per heavy atom. The van der Waals surface area contributed by atoms with Crippen LogP contribution in [-0.4, -0.2) is 193 Å². The van der Waals surface area contributed by atoms with Gasteiger partial charge in [0.2, 0.25) is 5.91 Å². The summed E-state index contributed by atoms with van der Waals surface area (Å²) in [6.45, 7) is 1.85. The van der Waals surface area contributed by atoms with E-state index in [1.54, 1.807) is 0 Å². The van der Waals surface area contributed by atoms with Crippen molar-refractivity contribution in [1.29, 1.82) is 0 Å². The molecule has 3 heterocycles. The maximum absolute atomic E-state index is 13.5. The van der Waals surface area contributed by atoms with Gasteiger partial charge in [0.1, 0.15) is 73.2 Å². The average molecular weight is 1380 g/mol. The van der Waals surface area contributed by atoms with Gasteiger partial charge in [0.15, 0.2) is 18.9 Å². The Hall–Kier alpha value is -1.21. The van der Waals surface area contributed by atoms with E-state index in [0.717, 1.165) is 44.9 Å². The van der Waals surface area contributed by atoms with Crippen molar-refractivity contribution in [3.8, 4) is 0 Å². The molecule has 0 aliphatic carbocycles. The minimum Gasteiger partial charge on any atom is -0.394 e. The first-order valence-electron chi connectivity index (χ1n) is 40.3. The Kier molecular flexibility index (Phi) is 54.9. The number of hydrogen-bond acceptors (Lipinski definition) is 18. The van der Waals surface area contributed by atoms with E-state index in [1.165, 1.54) is 276 Å². The molecule has 19 nitrogen and oxygen atoms in total. The lowest BCUT2D eigenvalue weighted by atomic mass is 9.96. The quantitative estimate of drug-likeness (QED) is 0.0252. The molecule has 0 saturated carbocycles. The molecule has 1 amide bonds. The molecule has 17 unspecified atom stereocenters. The highest BCUT2D eigenvalue weighted by Crippen LogP contribution is 2.33. The van der Waals surface area contributed by atoms with Gasteiger partial charge in [-0.15, -0.1) is 0 Å². The van der Waals surface area contributed by atoms with Gasteiger partial charge in [-0.3, -0.25) is 4.79 Å². The standard InChI is InChI=1S/C77H149NO18/c1-3-5-7-9-11-13-15-17-19-20-21-22-23-24-25-26-27-28-29-30-31-32-33-34-35-36-37-38-39-41-43-45-47-49-51-53-55-65(83)78-60(61(82)54-52-50-48-46-44-42-40-18-16-14-12-10-8-6-4-2)59-91-75-71(89)68(86)73(63(57-80)93-75)96-77-72(90)69(87)74(64(58-81)94-77)95-76-70(88)67(85)66(84)62(56-79)92-76/h60-64,66-77,79-82,84-90H,3-59H2,1-2H3,(H,78,83). The highest BCUT2D eigenvalue weighted by Gasteiger charge is 2.54. The van der Waals surface area contributed by atoms with Gasteiger partial charge in [-0.1, -0.05) is 335 Å². The maximum Gasteiger partial charge on any atom is 0.220 e. The Balaban J connectivity index is 1.30. The van der Waals surface area contributed by atoms with Crippen LogP contribution in [0.2, 0.25) is 0 Å². The van der Waals surface area contributed by atoms with E-state index in [1.807, 2.05) is 0 Å². The molecule has 12 N–H and O–H groups in total. The fourth-order valence-corrected chi connectivity index (χ4v) is 14.2. The number of carbonyl (C=O) groups excluding carboxylic acids is 1. The van der Waals surface area contributed by atoms with E-state index >= 15 is 0 Å². The molecule has 19 heteroatoms. The van der Waals surface area contributed by atoms with Gasteiger partial charge in [-0.25, -0.2) is 0 Å². The first-order valence-corrected chi connectivity index (χ1v) is 40.3. The number of nitrogens with one attached hydrogen (secondary N) is 1. The predicted molar refractivity (Wildman–Crippen MR) is 379 cm³/mol. The van der Waals surface area contributed by atoms with Gasteiger partial charge >= 0.3 is 0 Å². The van der Waals surface area contributed by atoms with E-state index in [0.29, 0.717) is 12.8 Å². The Morgan fingerprint density at radius 2 is 0.594 bits per heavy atom. The second-order valence-corrected chi connectivity index (χ2v) is 29.2. The van der Waals surface area contributed by atoms with Crippen LogP contribution in [0.4, 0.5) is 0 Å². The number of rotatable bonds is 65. The van der Waals surface area contributed by atoms with Crippen molar-refractivity contribution in [3.63, 3.8) is 0 Å². The van der Waals surface area contributed by atoms with E-state index in [4.69, 9.17) is 28.4 Å². The summed E-state index contributed by atoms with van der Waals surface area (Å²) >= 11 is 0. The third kappa shape index (κ3) is 39.4. The Morgan fingerprint density at radius 3 is 0.906 bits per heavy atom. The van der Waals surface area contributed by atoms with Crippen molar-refractivity contribution in [2.24, 2.45) is 0 Å². The van der Waals surface area contributed by atoms with Crippen LogP contribution in [0.15, 0.2) is 0 Å². The van der Waals surface area contributed by atoms with E-state index in [9.17, 15) is 61.0 Å². The zero-order chi connectivity index (χ0) is 69.6. The summed E-state index contributed by atoms with van der Waals surface area (Å²) < 4.78 is 34.5. The molecule has 0 aromatic rings. The SMILES string of the molecule is CCCCCCCCCCCCCCCCCCCCCCCCCCCCCCCCCCCCCCC(=O)NC(COC1OC(CO)C(OC2OC(CO)C(OC3OC(CO)C(O)C(O)C3O)C(O)C2O)C(O)C1O)C(O)CCCCCCCCCCCCCCCCC. The molecule has 3 aliphatic heterocycles. The van der Waals surface area contributed by atoms with Gasteiger partial charge in [0.05, 0.1) is 38.6 Å². The van der Waals surface area contributed by atoms with Crippen LogP contribution in [0.25, 0.3) is 0 Å². The van der Waals surface area contributed by atoms with Crippen LogP contribution in [0.3, 0.4) is 0 Å². The van der Waals surface area contributed by atoms with E-state index < -0.39 is 124 Å². The highest BCUT2D eigenvalue weighted by atomic mass is 16.8. The molecule has 0 radical (unpaired) electrons. The molecule has 570 valence electrons. The normalized spacial score (nSPS) is 26.9. The van der Waals surface area contributed by atoms with Gasteiger partial charge in [-0.2, -0.15) is 0 Å². The summed E-state index contributed by atoms with van der Waals surface area (Å²) in [5.41, 5.74) is 0. The molecule has 0 bridgehead atoms. The second kappa shape index (κ2) is 59.2. The van der Waals surface area contributed by atoms with Gasteiger partial charge in [-0.05, 0) is 12.8 Å². The van der Waals surface area contributed by atoms with Gasteiger partial charge in [0.25, 0.3) is 0 Å². The monoisotopic (exact) mass is 1380 g/mol. The van der Waals surface area contributed by atoms with E-state index in [-0.39, 0.29) is 18.9 Å². The lowest BCUT2D eigenvalue weighted by molar-refractivity contribution is -0.379. The number of aliphatic hydroxyl groups is 11.